The lowest BCUT2D eigenvalue weighted by atomic mass is 10.1. The van der Waals surface area contributed by atoms with E-state index < -0.39 is 0 Å². The molecular formula is C13H12N2O2. The summed E-state index contributed by atoms with van der Waals surface area (Å²) in [7, 11) is 0. The number of aliphatic hydroxyl groups excluding tert-OH is 1. The summed E-state index contributed by atoms with van der Waals surface area (Å²) in [5.41, 5.74) is 3.22. The number of nitrogens with zero attached hydrogens (tertiary/aromatic N) is 2. The minimum absolute atomic E-state index is 0.0664. The molecule has 0 atom stereocenters. The van der Waals surface area contributed by atoms with Gasteiger partial charge in [-0.3, -0.25) is 4.98 Å². The molecule has 17 heavy (non-hydrogen) atoms. The summed E-state index contributed by atoms with van der Waals surface area (Å²) in [6.45, 7) is -0.0664. The molecule has 1 aromatic carbocycles. The fourth-order valence-corrected chi connectivity index (χ4v) is 1.54. The van der Waals surface area contributed by atoms with Crippen LogP contribution in [0.5, 0.6) is 0 Å². The third kappa shape index (κ3) is 2.68. The number of hydrogen-bond acceptors (Lipinski definition) is 4. The Bertz CT molecular complexity index is 521. The highest BCUT2D eigenvalue weighted by Crippen LogP contribution is 2.17. The van der Waals surface area contributed by atoms with E-state index in [4.69, 9.17) is 10.3 Å². The van der Waals surface area contributed by atoms with Crippen LogP contribution in [0.2, 0.25) is 0 Å². The van der Waals surface area contributed by atoms with E-state index in [1.807, 2.05) is 36.4 Å². The van der Waals surface area contributed by atoms with Crippen molar-refractivity contribution in [3.63, 3.8) is 0 Å². The average Bonchev–Trinajstić information content (AvgIpc) is 2.40. The molecule has 4 nitrogen and oxygen atoms in total. The zero-order valence-corrected chi connectivity index (χ0v) is 9.11. The van der Waals surface area contributed by atoms with Crippen molar-refractivity contribution >= 4 is 6.21 Å². The normalized spacial score (nSPS) is 10.9. The summed E-state index contributed by atoms with van der Waals surface area (Å²) in [5, 5.41) is 20.4. The maximum atomic E-state index is 9.02. The lowest BCUT2D eigenvalue weighted by Gasteiger charge is -2.03. The largest absolute Gasteiger partial charge is 0.411 e. The van der Waals surface area contributed by atoms with Crippen LogP contribution in [0.3, 0.4) is 0 Å². The summed E-state index contributed by atoms with van der Waals surface area (Å²) in [6.07, 6.45) is 1.36. The maximum absolute atomic E-state index is 9.02. The van der Waals surface area contributed by atoms with E-state index >= 15 is 0 Å². The maximum Gasteiger partial charge on any atom is 0.0853 e. The van der Waals surface area contributed by atoms with Gasteiger partial charge in [0.25, 0.3) is 0 Å². The Hall–Kier alpha value is -2.20. The van der Waals surface area contributed by atoms with Gasteiger partial charge in [-0.15, -0.1) is 0 Å². The van der Waals surface area contributed by atoms with E-state index in [0.29, 0.717) is 5.69 Å². The van der Waals surface area contributed by atoms with Gasteiger partial charge >= 0.3 is 0 Å². The van der Waals surface area contributed by atoms with Gasteiger partial charge < -0.3 is 10.3 Å². The van der Waals surface area contributed by atoms with E-state index in [-0.39, 0.29) is 6.61 Å². The molecule has 4 heteroatoms. The molecule has 0 aliphatic carbocycles. The van der Waals surface area contributed by atoms with Crippen molar-refractivity contribution < 1.29 is 10.3 Å². The minimum atomic E-state index is -0.0664. The van der Waals surface area contributed by atoms with Crippen molar-refractivity contribution in [2.75, 3.05) is 0 Å². The molecule has 2 N–H and O–H groups in total. The molecule has 1 heterocycles. The molecule has 0 radical (unpaired) electrons. The van der Waals surface area contributed by atoms with Crippen LogP contribution >= 0.6 is 0 Å². The zero-order valence-electron chi connectivity index (χ0n) is 9.11. The van der Waals surface area contributed by atoms with Crippen LogP contribution in [0.15, 0.2) is 47.6 Å². The molecule has 0 aliphatic heterocycles. The number of benzene rings is 1. The minimum Gasteiger partial charge on any atom is -0.411 e. The number of aromatic nitrogens is 1. The third-order valence-electron chi connectivity index (χ3n) is 2.38. The molecule has 0 bridgehead atoms. The number of hydrogen-bond donors (Lipinski definition) is 2. The fourth-order valence-electron chi connectivity index (χ4n) is 1.54. The van der Waals surface area contributed by atoms with Gasteiger partial charge in [0.2, 0.25) is 0 Å². The molecule has 0 fully saturated rings. The van der Waals surface area contributed by atoms with E-state index in [0.717, 1.165) is 16.8 Å². The first-order valence-electron chi connectivity index (χ1n) is 5.18. The molecular weight excluding hydrogens is 216 g/mol. The predicted molar refractivity (Wildman–Crippen MR) is 65.0 cm³/mol. The molecule has 0 saturated heterocycles. The van der Waals surface area contributed by atoms with Gasteiger partial charge in [-0.2, -0.15) is 0 Å². The molecule has 0 saturated carbocycles. The summed E-state index contributed by atoms with van der Waals surface area (Å²) >= 11 is 0. The zero-order chi connectivity index (χ0) is 12.1. The Balaban J connectivity index is 2.32. The summed E-state index contributed by atoms with van der Waals surface area (Å²) in [4.78, 5) is 4.30. The highest BCUT2D eigenvalue weighted by Gasteiger charge is 2.00. The van der Waals surface area contributed by atoms with Gasteiger partial charge in [0.15, 0.2) is 0 Å². The van der Waals surface area contributed by atoms with Crippen molar-refractivity contribution in [3.8, 4) is 11.3 Å². The van der Waals surface area contributed by atoms with Crippen molar-refractivity contribution in [2.45, 2.75) is 6.61 Å². The summed E-state index contributed by atoms with van der Waals surface area (Å²) < 4.78 is 0. The van der Waals surface area contributed by atoms with Crippen LogP contribution in [0.25, 0.3) is 11.3 Å². The van der Waals surface area contributed by atoms with Gasteiger partial charge in [0, 0.05) is 5.56 Å². The number of aliphatic hydroxyl groups is 1. The standard InChI is InChI=1S/C13H12N2O2/c16-9-12-2-1-3-13(15-12)11-6-4-10(5-7-11)8-14-17/h1-8,16-17H,9H2/b14-8+. The van der Waals surface area contributed by atoms with Crippen LogP contribution in [-0.4, -0.2) is 21.5 Å². The van der Waals surface area contributed by atoms with E-state index in [1.165, 1.54) is 6.21 Å². The van der Waals surface area contributed by atoms with Gasteiger partial charge in [0.05, 0.1) is 24.2 Å². The van der Waals surface area contributed by atoms with E-state index in [9.17, 15) is 0 Å². The molecule has 0 aliphatic rings. The summed E-state index contributed by atoms with van der Waals surface area (Å²) in [5.74, 6) is 0. The van der Waals surface area contributed by atoms with Gasteiger partial charge in [-0.1, -0.05) is 35.5 Å². The van der Waals surface area contributed by atoms with Crippen LogP contribution < -0.4 is 0 Å². The lowest BCUT2D eigenvalue weighted by Crippen LogP contribution is -1.91. The summed E-state index contributed by atoms with van der Waals surface area (Å²) in [6, 6.07) is 13.0. The van der Waals surface area contributed by atoms with E-state index in [2.05, 4.69) is 10.1 Å². The Morgan fingerprint density at radius 2 is 1.88 bits per heavy atom. The van der Waals surface area contributed by atoms with Crippen molar-refractivity contribution in [3.05, 3.63) is 53.7 Å². The molecule has 86 valence electrons. The second-order valence-electron chi connectivity index (χ2n) is 3.54. The topological polar surface area (TPSA) is 65.7 Å². The van der Waals surface area contributed by atoms with Crippen molar-refractivity contribution in [1.82, 2.24) is 4.98 Å². The highest BCUT2D eigenvalue weighted by atomic mass is 16.4. The van der Waals surface area contributed by atoms with Crippen molar-refractivity contribution in [2.24, 2.45) is 5.16 Å². The third-order valence-corrected chi connectivity index (χ3v) is 2.38. The first kappa shape index (κ1) is 11.3. The smallest absolute Gasteiger partial charge is 0.0853 e. The van der Waals surface area contributed by atoms with Crippen LogP contribution in [0.4, 0.5) is 0 Å². The second kappa shape index (κ2) is 5.23. The van der Waals surface area contributed by atoms with Crippen molar-refractivity contribution in [1.29, 1.82) is 0 Å². The molecule has 2 rings (SSSR count). The number of oxime groups is 1. The second-order valence-corrected chi connectivity index (χ2v) is 3.54. The monoisotopic (exact) mass is 228 g/mol. The molecule has 2 aromatic rings. The Kier molecular flexibility index (Phi) is 3.47. The van der Waals surface area contributed by atoms with E-state index in [1.54, 1.807) is 6.07 Å². The Morgan fingerprint density at radius 3 is 2.53 bits per heavy atom. The van der Waals surface area contributed by atoms with Crippen LogP contribution in [-0.2, 0) is 6.61 Å². The van der Waals surface area contributed by atoms with Gasteiger partial charge in [-0.25, -0.2) is 0 Å². The SMILES string of the molecule is OCc1cccc(-c2ccc(/C=N/O)cc2)n1. The molecule has 0 spiro atoms. The van der Waals surface area contributed by atoms with Gasteiger partial charge in [-0.05, 0) is 17.7 Å². The van der Waals surface area contributed by atoms with Crippen LogP contribution in [0.1, 0.15) is 11.3 Å². The Morgan fingerprint density at radius 1 is 1.12 bits per heavy atom. The quantitative estimate of drug-likeness (QED) is 0.480. The molecule has 0 unspecified atom stereocenters. The van der Waals surface area contributed by atoms with Gasteiger partial charge in [0.1, 0.15) is 0 Å². The predicted octanol–water partition coefficient (Wildman–Crippen LogP) is 2.05. The molecule has 1 aromatic heterocycles. The molecule has 0 amide bonds. The number of rotatable bonds is 3. The first-order chi connectivity index (χ1) is 8.33. The Labute approximate surface area is 98.9 Å². The van der Waals surface area contributed by atoms with Crippen LogP contribution in [0, 0.1) is 0 Å². The highest BCUT2D eigenvalue weighted by molar-refractivity contribution is 5.80. The average molecular weight is 228 g/mol. The number of pyridine rings is 1. The first-order valence-corrected chi connectivity index (χ1v) is 5.18. The lowest BCUT2D eigenvalue weighted by molar-refractivity contribution is 0.277. The fraction of sp³-hybridized carbons (Fsp3) is 0.0769.